The normalized spacial score (nSPS) is 11.3. The summed E-state index contributed by atoms with van der Waals surface area (Å²) >= 11 is 1.59. The van der Waals surface area contributed by atoms with Gasteiger partial charge in [0.25, 0.3) is 5.91 Å². The molecular weight excluding hydrogens is 406 g/mol. The molecular formula is C25H33N3O2S. The lowest BCUT2D eigenvalue weighted by Crippen LogP contribution is -2.33. The van der Waals surface area contributed by atoms with Gasteiger partial charge in [-0.25, -0.2) is 4.98 Å². The van der Waals surface area contributed by atoms with Crippen LogP contribution < -0.4 is 9.64 Å². The van der Waals surface area contributed by atoms with Crippen molar-refractivity contribution < 1.29 is 9.53 Å². The summed E-state index contributed by atoms with van der Waals surface area (Å²) in [6, 6.07) is 11.8. The van der Waals surface area contributed by atoms with E-state index in [9.17, 15) is 4.79 Å². The van der Waals surface area contributed by atoms with E-state index < -0.39 is 0 Å². The van der Waals surface area contributed by atoms with E-state index in [0.717, 1.165) is 46.9 Å². The number of hydrogen-bond acceptors (Lipinski definition) is 5. The molecule has 31 heavy (non-hydrogen) atoms. The van der Waals surface area contributed by atoms with Crippen LogP contribution in [0, 0.1) is 13.8 Å². The highest BCUT2D eigenvalue weighted by molar-refractivity contribution is 7.22. The molecule has 0 spiro atoms. The lowest BCUT2D eigenvalue weighted by molar-refractivity contribution is 0.0985. The average molecular weight is 440 g/mol. The van der Waals surface area contributed by atoms with Gasteiger partial charge in [-0.2, -0.15) is 0 Å². The van der Waals surface area contributed by atoms with Crippen molar-refractivity contribution in [3.8, 4) is 5.75 Å². The lowest BCUT2D eigenvalue weighted by atomic mass is 10.1. The average Bonchev–Trinajstić information content (AvgIpc) is 3.15. The summed E-state index contributed by atoms with van der Waals surface area (Å²) in [7, 11) is 4.10. The Hall–Kier alpha value is -2.44. The molecule has 6 heteroatoms. The number of benzene rings is 2. The van der Waals surface area contributed by atoms with Gasteiger partial charge in [0.15, 0.2) is 5.13 Å². The van der Waals surface area contributed by atoms with E-state index in [1.54, 1.807) is 11.3 Å². The summed E-state index contributed by atoms with van der Waals surface area (Å²) in [4.78, 5) is 22.4. The maximum Gasteiger partial charge on any atom is 0.260 e. The molecule has 0 bridgehead atoms. The van der Waals surface area contributed by atoms with Gasteiger partial charge in [0.05, 0.1) is 16.8 Å². The molecule has 0 aliphatic carbocycles. The molecule has 166 valence electrons. The Kier molecular flexibility index (Phi) is 8.04. The van der Waals surface area contributed by atoms with Crippen molar-refractivity contribution >= 4 is 32.6 Å². The van der Waals surface area contributed by atoms with Crippen LogP contribution in [-0.4, -0.2) is 49.6 Å². The topological polar surface area (TPSA) is 45.7 Å². The number of rotatable bonds is 10. The summed E-state index contributed by atoms with van der Waals surface area (Å²) in [6.07, 6.45) is 2.95. The van der Waals surface area contributed by atoms with Crippen molar-refractivity contribution in [3.05, 3.63) is 53.1 Å². The number of fused-ring (bicyclic) bond motifs is 1. The van der Waals surface area contributed by atoms with Crippen molar-refractivity contribution in [2.75, 3.05) is 38.7 Å². The van der Waals surface area contributed by atoms with Crippen LogP contribution in [-0.2, 0) is 0 Å². The zero-order chi connectivity index (χ0) is 22.4. The molecule has 3 rings (SSSR count). The van der Waals surface area contributed by atoms with Gasteiger partial charge in [-0.1, -0.05) is 36.8 Å². The number of ether oxygens (including phenoxy) is 1. The molecule has 1 amide bonds. The third kappa shape index (κ3) is 6.05. The minimum absolute atomic E-state index is 0.0341. The highest BCUT2D eigenvalue weighted by Gasteiger charge is 2.22. The second-order valence-electron chi connectivity index (χ2n) is 8.27. The summed E-state index contributed by atoms with van der Waals surface area (Å²) in [5, 5.41) is 0.754. The standard InChI is InChI=1S/C25H33N3O2S/c1-6-7-14-30-21-11-8-10-20(17-21)24(29)28(13-9-12-27(4)5)25-26-22-16-18(2)15-19(3)23(22)31-25/h8,10-11,15-17H,6-7,9,12-14H2,1-5H3. The molecule has 3 aromatic rings. The molecule has 2 aromatic carbocycles. The number of aryl methyl sites for hydroxylation is 2. The van der Waals surface area contributed by atoms with Gasteiger partial charge in [-0.05, 0) is 82.7 Å². The summed E-state index contributed by atoms with van der Waals surface area (Å²) in [6.45, 7) is 8.51. The van der Waals surface area contributed by atoms with Crippen molar-refractivity contribution in [1.82, 2.24) is 9.88 Å². The molecule has 0 N–H and O–H groups in total. The summed E-state index contributed by atoms with van der Waals surface area (Å²) in [5.41, 5.74) is 3.97. The number of hydrogen-bond donors (Lipinski definition) is 0. The molecule has 0 radical (unpaired) electrons. The van der Waals surface area contributed by atoms with E-state index >= 15 is 0 Å². The predicted molar refractivity (Wildman–Crippen MR) is 131 cm³/mol. The van der Waals surface area contributed by atoms with Crippen molar-refractivity contribution in [2.45, 2.75) is 40.0 Å². The Morgan fingerprint density at radius 2 is 1.90 bits per heavy atom. The number of unbranched alkanes of at least 4 members (excludes halogenated alkanes) is 1. The van der Waals surface area contributed by atoms with E-state index in [1.165, 1.54) is 11.1 Å². The maximum absolute atomic E-state index is 13.6. The van der Waals surface area contributed by atoms with E-state index in [4.69, 9.17) is 9.72 Å². The van der Waals surface area contributed by atoms with Crippen LogP contribution in [0.15, 0.2) is 36.4 Å². The van der Waals surface area contributed by atoms with Crippen LogP contribution in [0.25, 0.3) is 10.2 Å². The molecule has 0 unspecified atom stereocenters. The first-order valence-electron chi connectivity index (χ1n) is 11.0. The number of carbonyl (C=O) groups excluding carboxylic acids is 1. The largest absolute Gasteiger partial charge is 0.494 e. The van der Waals surface area contributed by atoms with Crippen LogP contribution >= 0.6 is 11.3 Å². The Morgan fingerprint density at radius 1 is 1.10 bits per heavy atom. The lowest BCUT2D eigenvalue weighted by Gasteiger charge is -2.21. The first-order chi connectivity index (χ1) is 14.9. The monoisotopic (exact) mass is 439 g/mol. The van der Waals surface area contributed by atoms with E-state index in [2.05, 4.69) is 37.8 Å². The summed E-state index contributed by atoms with van der Waals surface area (Å²) in [5.74, 6) is 0.705. The number of thiazole rings is 1. The van der Waals surface area contributed by atoms with E-state index in [-0.39, 0.29) is 5.91 Å². The van der Waals surface area contributed by atoms with Gasteiger partial charge in [-0.3, -0.25) is 9.69 Å². The first kappa shape index (κ1) is 23.2. The minimum Gasteiger partial charge on any atom is -0.494 e. The number of carbonyl (C=O) groups is 1. The van der Waals surface area contributed by atoms with Crippen LogP contribution in [0.3, 0.4) is 0 Å². The highest BCUT2D eigenvalue weighted by Crippen LogP contribution is 2.33. The molecule has 0 aliphatic heterocycles. The minimum atomic E-state index is -0.0341. The van der Waals surface area contributed by atoms with Gasteiger partial charge in [0, 0.05) is 12.1 Å². The Balaban J connectivity index is 1.91. The zero-order valence-electron chi connectivity index (χ0n) is 19.3. The Bertz CT molecular complexity index is 1030. The fraction of sp³-hybridized carbons (Fsp3) is 0.440. The molecule has 0 fully saturated rings. The van der Waals surface area contributed by atoms with Crippen molar-refractivity contribution in [1.29, 1.82) is 0 Å². The fourth-order valence-electron chi connectivity index (χ4n) is 3.52. The van der Waals surface area contributed by atoms with Crippen LogP contribution in [0.2, 0.25) is 0 Å². The second-order valence-corrected chi connectivity index (χ2v) is 9.25. The van der Waals surface area contributed by atoms with Gasteiger partial charge < -0.3 is 9.64 Å². The Morgan fingerprint density at radius 3 is 2.65 bits per heavy atom. The SMILES string of the molecule is CCCCOc1cccc(C(=O)N(CCCN(C)C)c2nc3cc(C)cc(C)c3s2)c1. The van der Waals surface area contributed by atoms with Gasteiger partial charge >= 0.3 is 0 Å². The zero-order valence-corrected chi connectivity index (χ0v) is 20.1. The van der Waals surface area contributed by atoms with Gasteiger partial charge in [0.1, 0.15) is 5.75 Å². The van der Waals surface area contributed by atoms with E-state index in [1.807, 2.05) is 43.3 Å². The fourth-order valence-corrected chi connectivity index (χ4v) is 4.56. The molecule has 1 heterocycles. The van der Waals surface area contributed by atoms with Crippen molar-refractivity contribution in [3.63, 3.8) is 0 Å². The second kappa shape index (κ2) is 10.7. The van der Waals surface area contributed by atoms with Crippen molar-refractivity contribution in [2.24, 2.45) is 0 Å². The number of aromatic nitrogens is 1. The van der Waals surface area contributed by atoms with Crippen LogP contribution in [0.4, 0.5) is 5.13 Å². The number of anilines is 1. The molecule has 0 atom stereocenters. The van der Waals surface area contributed by atoms with Crippen LogP contribution in [0.5, 0.6) is 5.75 Å². The molecule has 1 aromatic heterocycles. The third-order valence-corrected chi connectivity index (χ3v) is 6.35. The van der Waals surface area contributed by atoms with E-state index in [0.29, 0.717) is 18.7 Å². The quantitative estimate of drug-likeness (QED) is 0.381. The maximum atomic E-state index is 13.6. The summed E-state index contributed by atoms with van der Waals surface area (Å²) < 4.78 is 6.96. The third-order valence-electron chi connectivity index (χ3n) is 5.12. The molecule has 0 saturated carbocycles. The number of amides is 1. The molecule has 0 aliphatic rings. The smallest absolute Gasteiger partial charge is 0.260 e. The number of nitrogens with zero attached hydrogens (tertiary/aromatic N) is 3. The molecule has 0 saturated heterocycles. The van der Waals surface area contributed by atoms with Gasteiger partial charge in [0.2, 0.25) is 0 Å². The predicted octanol–water partition coefficient (Wildman–Crippen LogP) is 5.69. The van der Waals surface area contributed by atoms with Crippen LogP contribution in [0.1, 0.15) is 47.7 Å². The van der Waals surface area contributed by atoms with Gasteiger partial charge in [-0.15, -0.1) is 0 Å². The highest BCUT2D eigenvalue weighted by atomic mass is 32.1. The first-order valence-corrected chi connectivity index (χ1v) is 11.8. The Labute approximate surface area is 189 Å². The molecule has 5 nitrogen and oxygen atoms in total.